The summed E-state index contributed by atoms with van der Waals surface area (Å²) < 4.78 is 26.5. The average molecular weight is 393 g/mol. The van der Waals surface area contributed by atoms with Gasteiger partial charge in [-0.2, -0.15) is 14.3 Å². The van der Waals surface area contributed by atoms with Crippen molar-refractivity contribution in [3.05, 3.63) is 11.8 Å². The zero-order chi connectivity index (χ0) is 19.2. The molecule has 2 aromatic heterocycles. The minimum atomic E-state index is -3.21. The van der Waals surface area contributed by atoms with Crippen LogP contribution >= 0.6 is 0 Å². The minimum Gasteiger partial charge on any atom is -0.353 e. The molecular formula is C18H28N6O2S. The van der Waals surface area contributed by atoms with E-state index in [2.05, 4.69) is 20.9 Å². The number of hydrogen-bond donors (Lipinski definition) is 1. The molecule has 0 atom stereocenters. The Kier molecular flexibility index (Phi) is 4.75. The number of piperazine rings is 1. The number of nitrogens with one attached hydrogen (secondary N) is 1. The van der Waals surface area contributed by atoms with Gasteiger partial charge in [0.1, 0.15) is 11.5 Å². The van der Waals surface area contributed by atoms with Crippen LogP contribution in [0.4, 0.5) is 11.8 Å². The maximum atomic E-state index is 12.4. The van der Waals surface area contributed by atoms with Crippen molar-refractivity contribution >= 4 is 32.8 Å². The van der Waals surface area contributed by atoms with Gasteiger partial charge in [-0.25, -0.2) is 8.42 Å². The van der Waals surface area contributed by atoms with E-state index >= 15 is 0 Å². The maximum absolute atomic E-state index is 12.4. The fourth-order valence-corrected chi connectivity index (χ4v) is 5.13. The summed E-state index contributed by atoms with van der Waals surface area (Å²) in [6.45, 7) is 9.75. The van der Waals surface area contributed by atoms with Crippen LogP contribution in [0.5, 0.6) is 0 Å². The highest BCUT2D eigenvalue weighted by Crippen LogP contribution is 2.29. The molecule has 2 aliphatic heterocycles. The van der Waals surface area contributed by atoms with Crippen molar-refractivity contribution in [2.45, 2.75) is 38.9 Å². The van der Waals surface area contributed by atoms with Crippen LogP contribution < -0.4 is 9.80 Å². The van der Waals surface area contributed by atoms with E-state index < -0.39 is 10.0 Å². The largest absolute Gasteiger partial charge is 0.353 e. The first-order valence-electron chi connectivity index (χ1n) is 9.72. The highest BCUT2D eigenvalue weighted by molar-refractivity contribution is 7.89. The molecule has 2 aliphatic rings. The molecule has 4 rings (SSSR count). The third-order valence-electron chi connectivity index (χ3n) is 5.47. The summed E-state index contributed by atoms with van der Waals surface area (Å²) in [5, 5.41) is 0.625. The minimum absolute atomic E-state index is 0.385. The summed E-state index contributed by atoms with van der Waals surface area (Å²) >= 11 is 0. The van der Waals surface area contributed by atoms with Crippen LogP contribution in [-0.2, 0) is 10.0 Å². The lowest BCUT2D eigenvalue weighted by molar-refractivity contribution is 0.380. The molecule has 0 unspecified atom stereocenters. The number of fused-ring (bicyclic) bond motifs is 1. The number of nitrogens with zero attached hydrogens (tertiary/aromatic N) is 5. The Labute approximate surface area is 160 Å². The SMILES string of the molecule is Cc1cc2c(N3CCN(S(=O)(=O)C(C)C)CC3)nc(N3CCCC3)nc2[nH]1. The lowest BCUT2D eigenvalue weighted by Crippen LogP contribution is -2.50. The van der Waals surface area contributed by atoms with E-state index in [0.29, 0.717) is 26.2 Å². The van der Waals surface area contributed by atoms with Crippen LogP contribution in [0.15, 0.2) is 6.07 Å². The van der Waals surface area contributed by atoms with E-state index in [1.165, 1.54) is 12.8 Å². The van der Waals surface area contributed by atoms with Crippen molar-refractivity contribution < 1.29 is 8.42 Å². The molecule has 2 saturated heterocycles. The normalized spacial score (nSPS) is 19.6. The molecule has 0 spiro atoms. The van der Waals surface area contributed by atoms with Gasteiger partial charge in [-0.3, -0.25) is 0 Å². The molecule has 9 heteroatoms. The van der Waals surface area contributed by atoms with Crippen LogP contribution in [0.2, 0.25) is 0 Å². The zero-order valence-corrected chi connectivity index (χ0v) is 17.1. The van der Waals surface area contributed by atoms with Gasteiger partial charge in [0.2, 0.25) is 16.0 Å². The quantitative estimate of drug-likeness (QED) is 0.853. The van der Waals surface area contributed by atoms with Gasteiger partial charge in [0.15, 0.2) is 0 Å². The van der Waals surface area contributed by atoms with E-state index in [4.69, 9.17) is 9.97 Å². The fourth-order valence-electron chi connectivity index (χ4n) is 3.87. The monoisotopic (exact) mass is 392 g/mol. The van der Waals surface area contributed by atoms with E-state index in [1.807, 2.05) is 6.92 Å². The first-order valence-corrected chi connectivity index (χ1v) is 11.2. The lowest BCUT2D eigenvalue weighted by atomic mass is 10.3. The molecule has 1 N–H and O–H groups in total. The highest BCUT2D eigenvalue weighted by atomic mass is 32.2. The molecule has 8 nitrogen and oxygen atoms in total. The Bertz CT molecular complexity index is 925. The Morgan fingerprint density at radius 3 is 2.30 bits per heavy atom. The first-order chi connectivity index (χ1) is 12.9. The third-order valence-corrected chi connectivity index (χ3v) is 7.75. The summed E-state index contributed by atoms with van der Waals surface area (Å²) in [6, 6.07) is 2.08. The van der Waals surface area contributed by atoms with Crippen molar-refractivity contribution in [3.8, 4) is 0 Å². The second-order valence-corrected chi connectivity index (χ2v) is 10.2. The molecule has 4 heterocycles. The van der Waals surface area contributed by atoms with Crippen LogP contribution in [0.3, 0.4) is 0 Å². The first kappa shape index (κ1) is 18.5. The highest BCUT2D eigenvalue weighted by Gasteiger charge is 2.31. The Morgan fingerprint density at radius 2 is 1.67 bits per heavy atom. The van der Waals surface area contributed by atoms with Crippen LogP contribution in [0.1, 0.15) is 32.4 Å². The molecule has 0 aromatic carbocycles. The third kappa shape index (κ3) is 3.38. The standard InChI is InChI=1S/C18H28N6O2S/c1-13(2)27(25,26)24-10-8-22(9-11-24)17-15-12-14(3)19-16(15)20-18(21-17)23-6-4-5-7-23/h12-13H,4-11H2,1-3H3,(H,19,20,21). The van der Waals surface area contributed by atoms with Crippen molar-refractivity contribution in [1.82, 2.24) is 19.3 Å². The molecule has 0 saturated carbocycles. The Balaban J connectivity index is 1.63. The molecule has 148 valence electrons. The smallest absolute Gasteiger partial charge is 0.229 e. The molecule has 27 heavy (non-hydrogen) atoms. The van der Waals surface area contributed by atoms with E-state index in [9.17, 15) is 8.42 Å². The number of rotatable bonds is 4. The summed E-state index contributed by atoms with van der Waals surface area (Å²) in [5.74, 6) is 1.68. The molecule has 2 aromatic rings. The number of aryl methyl sites for hydroxylation is 1. The summed E-state index contributed by atoms with van der Waals surface area (Å²) in [5.41, 5.74) is 1.91. The molecule has 0 radical (unpaired) electrons. The zero-order valence-electron chi connectivity index (χ0n) is 16.3. The van der Waals surface area contributed by atoms with Crippen LogP contribution in [0.25, 0.3) is 11.0 Å². The van der Waals surface area contributed by atoms with Gasteiger partial charge in [0, 0.05) is 45.0 Å². The summed E-state index contributed by atoms with van der Waals surface area (Å²) in [7, 11) is -3.21. The number of hydrogen-bond acceptors (Lipinski definition) is 6. The van der Waals surface area contributed by atoms with E-state index in [1.54, 1.807) is 18.2 Å². The Hall–Kier alpha value is -1.87. The topological polar surface area (TPSA) is 85.4 Å². The Morgan fingerprint density at radius 1 is 1.00 bits per heavy atom. The molecule has 0 aliphatic carbocycles. The maximum Gasteiger partial charge on any atom is 0.229 e. The predicted octanol–water partition coefficient (Wildman–Crippen LogP) is 1.73. The van der Waals surface area contributed by atoms with E-state index in [0.717, 1.165) is 41.6 Å². The lowest BCUT2D eigenvalue weighted by Gasteiger charge is -2.36. The number of aromatic nitrogens is 3. The van der Waals surface area contributed by atoms with Crippen LogP contribution in [-0.4, -0.2) is 72.2 Å². The van der Waals surface area contributed by atoms with Crippen LogP contribution in [0, 0.1) is 6.92 Å². The average Bonchev–Trinajstić information content (AvgIpc) is 3.29. The summed E-state index contributed by atoms with van der Waals surface area (Å²) in [6.07, 6.45) is 2.35. The molecule has 0 bridgehead atoms. The van der Waals surface area contributed by atoms with Crippen molar-refractivity contribution in [2.24, 2.45) is 0 Å². The molecular weight excluding hydrogens is 364 g/mol. The number of H-pyrrole nitrogens is 1. The van der Waals surface area contributed by atoms with Gasteiger partial charge in [-0.05, 0) is 39.7 Å². The second kappa shape index (κ2) is 6.94. The van der Waals surface area contributed by atoms with Crippen molar-refractivity contribution in [3.63, 3.8) is 0 Å². The van der Waals surface area contributed by atoms with Gasteiger partial charge in [0.05, 0.1) is 10.6 Å². The van der Waals surface area contributed by atoms with Crippen molar-refractivity contribution in [2.75, 3.05) is 49.1 Å². The van der Waals surface area contributed by atoms with Crippen molar-refractivity contribution in [1.29, 1.82) is 0 Å². The second-order valence-electron chi connectivity index (χ2n) is 7.74. The van der Waals surface area contributed by atoms with Gasteiger partial charge in [-0.15, -0.1) is 0 Å². The number of aromatic amines is 1. The number of anilines is 2. The fraction of sp³-hybridized carbons (Fsp3) is 0.667. The van der Waals surface area contributed by atoms with Gasteiger partial charge in [0.25, 0.3) is 0 Å². The van der Waals surface area contributed by atoms with Gasteiger partial charge < -0.3 is 14.8 Å². The number of sulfonamides is 1. The summed E-state index contributed by atoms with van der Waals surface area (Å²) in [4.78, 5) is 17.4. The van der Waals surface area contributed by atoms with Gasteiger partial charge >= 0.3 is 0 Å². The van der Waals surface area contributed by atoms with Gasteiger partial charge in [-0.1, -0.05) is 0 Å². The molecule has 2 fully saturated rings. The predicted molar refractivity (Wildman–Crippen MR) is 108 cm³/mol. The molecule has 0 amide bonds. The van der Waals surface area contributed by atoms with E-state index in [-0.39, 0.29) is 5.25 Å².